The van der Waals surface area contributed by atoms with E-state index >= 15 is 0 Å². The molecule has 1 aliphatic rings. The molecule has 0 amide bonds. The van der Waals surface area contributed by atoms with Gasteiger partial charge in [0, 0.05) is 6.04 Å². The molecule has 0 radical (unpaired) electrons. The van der Waals surface area contributed by atoms with Crippen molar-refractivity contribution in [2.24, 2.45) is 5.92 Å². The zero-order valence-corrected chi connectivity index (χ0v) is 10.3. The van der Waals surface area contributed by atoms with E-state index in [0.717, 1.165) is 24.1 Å². The van der Waals surface area contributed by atoms with Gasteiger partial charge in [0.2, 0.25) is 0 Å². The van der Waals surface area contributed by atoms with Gasteiger partial charge in [0.25, 0.3) is 0 Å². The normalized spacial score (nSPS) is 25.9. The second kappa shape index (κ2) is 5.43. The minimum atomic E-state index is 0.664. The van der Waals surface area contributed by atoms with Crippen LogP contribution in [-0.4, -0.2) is 21.2 Å². The third-order valence-corrected chi connectivity index (χ3v) is 3.55. The summed E-state index contributed by atoms with van der Waals surface area (Å²) in [6.07, 6.45) is 6.72. The van der Waals surface area contributed by atoms with E-state index in [4.69, 9.17) is 0 Å². The smallest absolute Gasteiger partial charge is 0.164 e. The topological polar surface area (TPSA) is 53.6 Å². The van der Waals surface area contributed by atoms with E-state index < -0.39 is 0 Å². The summed E-state index contributed by atoms with van der Waals surface area (Å²) in [5.41, 5.74) is 0. The van der Waals surface area contributed by atoms with Crippen LogP contribution in [0.15, 0.2) is 0 Å². The van der Waals surface area contributed by atoms with Gasteiger partial charge < -0.3 is 5.32 Å². The summed E-state index contributed by atoms with van der Waals surface area (Å²) in [4.78, 5) is 4.31. The highest BCUT2D eigenvalue weighted by Crippen LogP contribution is 2.26. The maximum absolute atomic E-state index is 4.31. The Morgan fingerprint density at radius 3 is 3.00 bits per heavy atom. The lowest BCUT2D eigenvalue weighted by Crippen LogP contribution is -2.33. The van der Waals surface area contributed by atoms with Crippen molar-refractivity contribution in [3.8, 4) is 0 Å². The van der Waals surface area contributed by atoms with Crippen LogP contribution in [0.4, 0.5) is 0 Å². The Hall–Kier alpha value is -0.900. The minimum Gasteiger partial charge on any atom is -0.307 e. The van der Waals surface area contributed by atoms with E-state index in [1.165, 1.54) is 32.1 Å². The summed E-state index contributed by atoms with van der Waals surface area (Å²) < 4.78 is 0. The molecular formula is C12H22N4. The van der Waals surface area contributed by atoms with Crippen LogP contribution >= 0.6 is 0 Å². The van der Waals surface area contributed by atoms with E-state index in [1.54, 1.807) is 0 Å². The highest BCUT2D eigenvalue weighted by atomic mass is 15.2. The molecule has 0 aromatic carbocycles. The number of rotatable bonds is 4. The second-order valence-corrected chi connectivity index (χ2v) is 4.86. The van der Waals surface area contributed by atoms with Gasteiger partial charge in [0.15, 0.2) is 5.82 Å². The van der Waals surface area contributed by atoms with Gasteiger partial charge in [0.05, 0.1) is 6.54 Å². The Labute approximate surface area is 97.2 Å². The zero-order valence-electron chi connectivity index (χ0n) is 10.3. The third-order valence-electron chi connectivity index (χ3n) is 3.55. The molecule has 1 aromatic rings. The molecule has 0 bridgehead atoms. The zero-order chi connectivity index (χ0) is 11.4. The Kier molecular flexibility index (Phi) is 3.93. The molecule has 90 valence electrons. The maximum atomic E-state index is 4.31. The van der Waals surface area contributed by atoms with Gasteiger partial charge in [-0.05, 0) is 25.7 Å². The first kappa shape index (κ1) is 11.6. The lowest BCUT2D eigenvalue weighted by Gasteiger charge is -2.28. The Balaban J connectivity index is 1.77. The maximum Gasteiger partial charge on any atom is 0.164 e. The van der Waals surface area contributed by atoms with E-state index in [9.17, 15) is 0 Å². The van der Waals surface area contributed by atoms with Crippen LogP contribution in [0.5, 0.6) is 0 Å². The summed E-state index contributed by atoms with van der Waals surface area (Å²) in [6.45, 7) is 5.03. The van der Waals surface area contributed by atoms with Crippen molar-refractivity contribution in [1.29, 1.82) is 0 Å². The highest BCUT2D eigenvalue weighted by molar-refractivity contribution is 4.88. The Morgan fingerprint density at radius 2 is 2.31 bits per heavy atom. The van der Waals surface area contributed by atoms with Gasteiger partial charge in [-0.25, -0.2) is 4.98 Å². The van der Waals surface area contributed by atoms with Gasteiger partial charge in [0.1, 0.15) is 5.82 Å². The lowest BCUT2D eigenvalue weighted by atomic mass is 9.84. The standard InChI is InChI=1S/C12H22N4/c1-3-10-5-4-6-11(7-10)13-8-12-14-9(2)15-16-12/h10-11,13H,3-8H2,1-2H3,(H,14,15,16). The van der Waals surface area contributed by atoms with Crippen molar-refractivity contribution in [3.05, 3.63) is 11.6 Å². The number of aromatic nitrogens is 3. The fourth-order valence-corrected chi connectivity index (χ4v) is 2.55. The van der Waals surface area contributed by atoms with Gasteiger partial charge >= 0.3 is 0 Å². The average Bonchev–Trinajstić information content (AvgIpc) is 2.73. The summed E-state index contributed by atoms with van der Waals surface area (Å²) in [6, 6.07) is 0.664. The first-order valence-electron chi connectivity index (χ1n) is 6.39. The molecule has 2 N–H and O–H groups in total. The number of nitrogens with one attached hydrogen (secondary N) is 2. The van der Waals surface area contributed by atoms with Crippen LogP contribution < -0.4 is 5.32 Å². The predicted molar refractivity (Wildman–Crippen MR) is 64.0 cm³/mol. The molecule has 1 fully saturated rings. The molecule has 4 nitrogen and oxygen atoms in total. The van der Waals surface area contributed by atoms with E-state index in [2.05, 4.69) is 27.4 Å². The lowest BCUT2D eigenvalue weighted by molar-refractivity contribution is 0.277. The van der Waals surface area contributed by atoms with Crippen molar-refractivity contribution >= 4 is 0 Å². The summed E-state index contributed by atoms with van der Waals surface area (Å²) in [7, 11) is 0. The number of H-pyrrole nitrogens is 1. The highest BCUT2D eigenvalue weighted by Gasteiger charge is 2.20. The quantitative estimate of drug-likeness (QED) is 0.821. The molecule has 2 atom stereocenters. The van der Waals surface area contributed by atoms with Crippen molar-refractivity contribution in [1.82, 2.24) is 20.5 Å². The largest absolute Gasteiger partial charge is 0.307 e. The number of hydrogen-bond donors (Lipinski definition) is 2. The predicted octanol–water partition coefficient (Wildman–Crippen LogP) is 2.17. The van der Waals surface area contributed by atoms with Gasteiger partial charge in [-0.1, -0.05) is 26.2 Å². The van der Waals surface area contributed by atoms with Crippen LogP contribution in [0, 0.1) is 12.8 Å². The molecular weight excluding hydrogens is 200 g/mol. The monoisotopic (exact) mass is 222 g/mol. The molecule has 1 aromatic heterocycles. The van der Waals surface area contributed by atoms with E-state index in [1.807, 2.05) is 6.92 Å². The second-order valence-electron chi connectivity index (χ2n) is 4.86. The van der Waals surface area contributed by atoms with Gasteiger partial charge in [-0.15, -0.1) is 0 Å². The number of hydrogen-bond acceptors (Lipinski definition) is 3. The third kappa shape index (κ3) is 3.04. The van der Waals surface area contributed by atoms with Crippen LogP contribution in [0.2, 0.25) is 0 Å². The van der Waals surface area contributed by atoms with Crippen molar-refractivity contribution in [2.45, 2.75) is 58.5 Å². The SMILES string of the molecule is CCC1CCCC(NCc2n[nH]c(C)n2)C1. The molecule has 2 unspecified atom stereocenters. The number of aryl methyl sites for hydroxylation is 1. The fraction of sp³-hybridized carbons (Fsp3) is 0.833. The molecule has 1 saturated carbocycles. The van der Waals surface area contributed by atoms with E-state index in [-0.39, 0.29) is 0 Å². The Bertz CT molecular complexity index is 321. The number of nitrogens with zero attached hydrogens (tertiary/aromatic N) is 2. The first-order chi connectivity index (χ1) is 7.78. The van der Waals surface area contributed by atoms with Gasteiger partial charge in [-0.2, -0.15) is 5.10 Å². The van der Waals surface area contributed by atoms with Crippen LogP contribution in [0.3, 0.4) is 0 Å². The van der Waals surface area contributed by atoms with Crippen molar-refractivity contribution < 1.29 is 0 Å². The Morgan fingerprint density at radius 1 is 1.44 bits per heavy atom. The minimum absolute atomic E-state index is 0.664. The van der Waals surface area contributed by atoms with Crippen molar-refractivity contribution in [2.75, 3.05) is 0 Å². The molecule has 1 heterocycles. The molecule has 16 heavy (non-hydrogen) atoms. The van der Waals surface area contributed by atoms with Crippen LogP contribution in [0.1, 0.15) is 50.7 Å². The fourth-order valence-electron chi connectivity index (χ4n) is 2.55. The summed E-state index contributed by atoms with van der Waals surface area (Å²) in [5, 5.41) is 10.6. The summed E-state index contributed by atoms with van der Waals surface area (Å²) >= 11 is 0. The van der Waals surface area contributed by atoms with Crippen LogP contribution in [0.25, 0.3) is 0 Å². The molecule has 0 spiro atoms. The molecule has 2 rings (SSSR count). The van der Waals surface area contributed by atoms with Gasteiger partial charge in [-0.3, -0.25) is 5.10 Å². The molecule has 1 aliphatic carbocycles. The summed E-state index contributed by atoms with van der Waals surface area (Å²) in [5.74, 6) is 2.70. The van der Waals surface area contributed by atoms with Crippen LogP contribution in [-0.2, 0) is 6.54 Å². The molecule has 0 saturated heterocycles. The molecule has 0 aliphatic heterocycles. The van der Waals surface area contributed by atoms with Crippen molar-refractivity contribution in [3.63, 3.8) is 0 Å². The molecule has 4 heteroatoms. The number of aromatic amines is 1. The first-order valence-corrected chi connectivity index (χ1v) is 6.39. The average molecular weight is 222 g/mol. The van der Waals surface area contributed by atoms with E-state index in [0.29, 0.717) is 6.04 Å².